The number of nitrogen functional groups attached to an aromatic ring is 2. The third-order valence-electron chi connectivity index (χ3n) is 8.48. The topological polar surface area (TPSA) is 270 Å². The van der Waals surface area contributed by atoms with Gasteiger partial charge in [0.05, 0.1) is 40.5 Å². The Morgan fingerprint density at radius 2 is 1.41 bits per heavy atom. The zero-order chi connectivity index (χ0) is 33.5. The minimum Gasteiger partial charge on any atom is -0.508 e. The molecule has 2 saturated heterocycles. The van der Waals surface area contributed by atoms with Crippen molar-refractivity contribution in [1.29, 1.82) is 0 Å². The van der Waals surface area contributed by atoms with Gasteiger partial charge in [0.1, 0.15) is 66.3 Å². The second-order valence-electron chi connectivity index (χ2n) is 11.6. The summed E-state index contributed by atoms with van der Waals surface area (Å²) in [6, 6.07) is 7.18. The van der Waals surface area contributed by atoms with E-state index in [0.717, 1.165) is 0 Å². The molecule has 2 aliphatic rings. The summed E-state index contributed by atoms with van der Waals surface area (Å²) in [6.45, 7) is -0.634. The largest absolute Gasteiger partial charge is 0.508 e. The maximum Gasteiger partial charge on any atom is 0.342 e. The second kappa shape index (κ2) is 16.0. The fourth-order valence-corrected chi connectivity index (χ4v) is 5.82. The molecule has 14 N–H and O–H groups in total. The van der Waals surface area contributed by atoms with E-state index in [-0.39, 0.29) is 55.8 Å². The van der Waals surface area contributed by atoms with Gasteiger partial charge in [-0.1, -0.05) is 0 Å². The molecule has 256 valence electrons. The lowest BCUT2D eigenvalue weighted by Gasteiger charge is -2.42. The van der Waals surface area contributed by atoms with Crippen molar-refractivity contribution in [2.75, 3.05) is 52.0 Å². The smallest absolute Gasteiger partial charge is 0.342 e. The second-order valence-corrected chi connectivity index (χ2v) is 11.6. The first-order valence-corrected chi connectivity index (χ1v) is 15.1. The zero-order valence-electron chi connectivity index (χ0n) is 25.7. The molecule has 2 heterocycles. The molecule has 0 bridgehead atoms. The van der Waals surface area contributed by atoms with Crippen LogP contribution in [0.15, 0.2) is 36.4 Å². The fraction of sp³-hybridized carbons (Fsp3) is 0.567. The van der Waals surface area contributed by atoms with Crippen molar-refractivity contribution < 1.29 is 69.8 Å². The number of nitrogens with two attached hydrogens (primary N) is 4. The number of aliphatic hydroxyl groups is 4. The van der Waals surface area contributed by atoms with Crippen LogP contribution in [0.25, 0.3) is 0 Å². The zero-order valence-corrected chi connectivity index (χ0v) is 25.7. The lowest BCUT2D eigenvalue weighted by atomic mass is 9.88. The number of esters is 1. The van der Waals surface area contributed by atoms with Crippen LogP contribution in [0.4, 0.5) is 11.4 Å². The number of benzene rings is 2. The summed E-state index contributed by atoms with van der Waals surface area (Å²) < 4.78 is 28.8. The number of anilines is 2. The molecule has 0 aromatic heterocycles. The number of quaternary nitrogens is 2. The van der Waals surface area contributed by atoms with E-state index >= 15 is 0 Å². The molecule has 46 heavy (non-hydrogen) atoms. The van der Waals surface area contributed by atoms with E-state index in [1.807, 2.05) is 0 Å². The summed E-state index contributed by atoms with van der Waals surface area (Å²) in [4.78, 5) is 12.7. The summed E-state index contributed by atoms with van der Waals surface area (Å²) >= 11 is 0. The lowest BCUT2D eigenvalue weighted by molar-refractivity contribution is -0.694. The van der Waals surface area contributed by atoms with E-state index in [2.05, 4.69) is 0 Å². The summed E-state index contributed by atoms with van der Waals surface area (Å²) in [5.74, 6) is -1.95. The van der Waals surface area contributed by atoms with Crippen molar-refractivity contribution in [2.45, 2.75) is 61.6 Å². The fourth-order valence-electron chi connectivity index (χ4n) is 5.82. The number of ether oxygens (including phenoxy) is 5. The van der Waals surface area contributed by atoms with Gasteiger partial charge < -0.3 is 76.4 Å². The Morgan fingerprint density at radius 3 is 2.11 bits per heavy atom. The standard InChI is InChI=1S/C30H44N4O12/c1-33-24-22(45-23(27(38)28(24)39)12-42-9-14-7-15(31)3-5-19(14)35)11-43-10-18-21(46-30(41)25(34-2)26(18)37)13-44-29(40)17-8-16(32)4-6-20(17)36/h3-8,18,21-28,30,33-39,41H,9-13,31-32H2,1-2H3/p+2. The monoisotopic (exact) mass is 654 g/mol. The maximum absolute atomic E-state index is 12.7. The first-order chi connectivity index (χ1) is 21.9. The third-order valence-corrected chi connectivity index (χ3v) is 8.48. The van der Waals surface area contributed by atoms with Crippen LogP contribution in [0.5, 0.6) is 11.5 Å². The number of rotatable bonds is 13. The highest BCUT2D eigenvalue weighted by Gasteiger charge is 2.49. The molecule has 4 rings (SSSR count). The van der Waals surface area contributed by atoms with Crippen molar-refractivity contribution in [2.24, 2.45) is 5.92 Å². The molecule has 2 aliphatic heterocycles. The van der Waals surface area contributed by atoms with Crippen LogP contribution in [-0.2, 0) is 30.3 Å². The van der Waals surface area contributed by atoms with E-state index in [0.29, 0.717) is 11.3 Å². The van der Waals surface area contributed by atoms with E-state index in [1.165, 1.54) is 24.3 Å². The Morgan fingerprint density at radius 1 is 0.761 bits per heavy atom. The predicted molar refractivity (Wildman–Crippen MR) is 160 cm³/mol. The van der Waals surface area contributed by atoms with Crippen LogP contribution in [0.2, 0.25) is 0 Å². The Bertz CT molecular complexity index is 1300. The number of phenols is 2. The number of aliphatic hydroxyl groups excluding tert-OH is 4. The van der Waals surface area contributed by atoms with Crippen LogP contribution in [0.1, 0.15) is 15.9 Å². The molecule has 10 atom stereocenters. The normalized spacial score (nSPS) is 31.4. The molecule has 2 fully saturated rings. The minimum atomic E-state index is -1.37. The molecule has 16 heteroatoms. The van der Waals surface area contributed by atoms with Gasteiger partial charge in [0.15, 0.2) is 6.04 Å². The first kappa shape index (κ1) is 35.6. The summed E-state index contributed by atoms with van der Waals surface area (Å²) in [5.41, 5.74) is 12.5. The molecule has 2 aromatic rings. The summed E-state index contributed by atoms with van der Waals surface area (Å²) in [5, 5.41) is 66.6. The quantitative estimate of drug-likeness (QED) is 0.0560. The van der Waals surface area contributed by atoms with Gasteiger partial charge in [-0.15, -0.1) is 0 Å². The van der Waals surface area contributed by atoms with E-state index in [4.69, 9.17) is 35.2 Å². The maximum atomic E-state index is 12.7. The van der Waals surface area contributed by atoms with Crippen molar-refractivity contribution in [3.05, 3.63) is 47.5 Å². The van der Waals surface area contributed by atoms with Gasteiger partial charge in [-0.2, -0.15) is 0 Å². The number of carbonyl (C=O) groups is 1. The average Bonchev–Trinajstić information content (AvgIpc) is 3.02. The Labute approximate surface area is 265 Å². The van der Waals surface area contributed by atoms with Crippen LogP contribution in [-0.4, -0.2) is 132 Å². The van der Waals surface area contributed by atoms with E-state index in [1.54, 1.807) is 36.9 Å². The number of hydrogen-bond acceptors (Lipinski definition) is 14. The van der Waals surface area contributed by atoms with E-state index < -0.39 is 66.9 Å². The molecule has 16 nitrogen and oxygen atoms in total. The molecule has 0 amide bonds. The van der Waals surface area contributed by atoms with Gasteiger partial charge in [0.2, 0.25) is 6.29 Å². The third kappa shape index (κ3) is 8.34. The van der Waals surface area contributed by atoms with Crippen molar-refractivity contribution >= 4 is 17.3 Å². The number of carbonyl (C=O) groups excluding carboxylic acids is 1. The Kier molecular flexibility index (Phi) is 12.4. The molecule has 0 radical (unpaired) electrons. The lowest BCUT2D eigenvalue weighted by Crippen LogP contribution is -2.94. The van der Waals surface area contributed by atoms with Crippen LogP contribution in [0.3, 0.4) is 0 Å². The predicted octanol–water partition coefficient (Wildman–Crippen LogP) is -4.04. The summed E-state index contributed by atoms with van der Waals surface area (Å²) in [7, 11) is 3.39. The molecule has 0 saturated carbocycles. The van der Waals surface area contributed by atoms with Crippen molar-refractivity contribution in [3.63, 3.8) is 0 Å². The number of hydrogen-bond donors (Lipinski definition) is 10. The Balaban J connectivity index is 1.38. The highest BCUT2D eigenvalue weighted by molar-refractivity contribution is 5.93. The SMILES string of the molecule is C[NH2+]C1C(O)OC(COC(=O)c2cc(N)ccc2O)C(COCC2OC(COCc3cc(N)ccc3O)C(O)C(O)C2[NH2+]C)C1O. The van der Waals surface area contributed by atoms with Gasteiger partial charge >= 0.3 is 5.97 Å². The average molecular weight is 655 g/mol. The van der Waals surface area contributed by atoms with Crippen LogP contribution < -0.4 is 22.1 Å². The van der Waals surface area contributed by atoms with Gasteiger partial charge in [-0.3, -0.25) is 0 Å². The summed E-state index contributed by atoms with van der Waals surface area (Å²) in [6.07, 6.45) is -7.55. The number of likely N-dealkylation sites (N-methyl/N-ethyl adjacent to an activating group) is 2. The minimum absolute atomic E-state index is 0.00564. The molecule has 10 unspecified atom stereocenters. The highest BCUT2D eigenvalue weighted by Crippen LogP contribution is 2.28. The van der Waals surface area contributed by atoms with Gasteiger partial charge in [0.25, 0.3) is 0 Å². The van der Waals surface area contributed by atoms with Crippen LogP contribution in [0, 0.1) is 5.92 Å². The van der Waals surface area contributed by atoms with Gasteiger partial charge in [-0.05, 0) is 36.4 Å². The first-order valence-electron chi connectivity index (χ1n) is 15.1. The van der Waals surface area contributed by atoms with Gasteiger partial charge in [0, 0.05) is 22.9 Å². The number of phenolic OH excluding ortho intramolecular Hbond substituents is 2. The molecular weight excluding hydrogens is 608 g/mol. The molecular formula is C30H46N4O12+2. The number of aromatic hydroxyl groups is 2. The highest BCUT2D eigenvalue weighted by atomic mass is 16.6. The molecule has 2 aromatic carbocycles. The molecule has 0 spiro atoms. The molecule has 0 aliphatic carbocycles. The van der Waals surface area contributed by atoms with Gasteiger partial charge in [-0.25, -0.2) is 4.79 Å². The van der Waals surface area contributed by atoms with E-state index in [9.17, 15) is 35.4 Å². The van der Waals surface area contributed by atoms with Crippen molar-refractivity contribution in [1.82, 2.24) is 0 Å². The van der Waals surface area contributed by atoms with Crippen molar-refractivity contribution in [3.8, 4) is 11.5 Å². The van der Waals surface area contributed by atoms with Crippen LogP contribution >= 0.6 is 0 Å². The Hall–Kier alpha value is -3.29.